The van der Waals surface area contributed by atoms with Gasteiger partial charge >= 0.3 is 0 Å². The van der Waals surface area contributed by atoms with Gasteiger partial charge in [-0.25, -0.2) is 13.6 Å². The second-order valence-corrected chi connectivity index (χ2v) is 7.53. The fraction of sp³-hybridized carbons (Fsp3) is 0.267. The molecule has 2 aromatic rings. The Morgan fingerprint density at radius 1 is 1.27 bits per heavy atom. The quantitative estimate of drug-likeness (QED) is 0.846. The summed E-state index contributed by atoms with van der Waals surface area (Å²) in [6, 6.07) is 10.2. The number of thiophene rings is 1. The summed E-state index contributed by atoms with van der Waals surface area (Å²) in [5.41, 5.74) is 0.895. The summed E-state index contributed by atoms with van der Waals surface area (Å²) in [5.74, 6) is -0.0311. The van der Waals surface area contributed by atoms with E-state index in [1.165, 1.54) is 12.1 Å². The Kier molecular flexibility index (Phi) is 5.33. The number of nitrogens with one attached hydrogen (secondary N) is 1. The molecule has 1 aromatic carbocycles. The minimum Gasteiger partial charge on any atom is -0.349 e. The fourth-order valence-electron chi connectivity index (χ4n) is 2.03. The van der Waals surface area contributed by atoms with Crippen molar-refractivity contribution in [2.45, 2.75) is 30.7 Å². The molecule has 0 fully saturated rings. The summed E-state index contributed by atoms with van der Waals surface area (Å²) < 4.78 is 22.3. The average molecular weight is 338 g/mol. The molecule has 1 unspecified atom stereocenters. The molecule has 0 radical (unpaired) electrons. The Balaban J connectivity index is 1.86. The lowest BCUT2D eigenvalue weighted by molar-refractivity contribution is -0.121. The molecule has 118 valence electrons. The first-order chi connectivity index (χ1) is 10.4. The summed E-state index contributed by atoms with van der Waals surface area (Å²) >= 11 is 1.61. The number of amides is 1. The lowest BCUT2D eigenvalue weighted by atomic mass is 10.1. The van der Waals surface area contributed by atoms with Gasteiger partial charge in [-0.3, -0.25) is 4.79 Å². The first kappa shape index (κ1) is 16.7. The first-order valence-corrected chi connectivity index (χ1v) is 9.23. The maximum atomic E-state index is 11.9. The zero-order chi connectivity index (χ0) is 16.2. The third kappa shape index (κ3) is 4.66. The molecule has 22 heavy (non-hydrogen) atoms. The van der Waals surface area contributed by atoms with Crippen molar-refractivity contribution in [3.8, 4) is 0 Å². The van der Waals surface area contributed by atoms with Crippen molar-refractivity contribution in [1.82, 2.24) is 5.32 Å². The van der Waals surface area contributed by atoms with E-state index < -0.39 is 10.0 Å². The highest BCUT2D eigenvalue weighted by Gasteiger charge is 2.11. The number of carbonyl (C=O) groups excluding carboxylic acids is 1. The van der Waals surface area contributed by atoms with Gasteiger partial charge in [0.2, 0.25) is 15.9 Å². The van der Waals surface area contributed by atoms with Crippen LogP contribution >= 0.6 is 11.3 Å². The number of hydrogen-bond donors (Lipinski definition) is 2. The highest BCUT2D eigenvalue weighted by molar-refractivity contribution is 7.89. The van der Waals surface area contributed by atoms with Crippen molar-refractivity contribution in [1.29, 1.82) is 0 Å². The molecule has 2 rings (SSSR count). The fourth-order valence-corrected chi connectivity index (χ4v) is 3.28. The summed E-state index contributed by atoms with van der Waals surface area (Å²) in [5, 5.41) is 9.96. The van der Waals surface area contributed by atoms with Gasteiger partial charge in [0.1, 0.15) is 0 Å². The molecule has 1 amide bonds. The second kappa shape index (κ2) is 7.04. The van der Waals surface area contributed by atoms with Crippen LogP contribution in [0.5, 0.6) is 0 Å². The topological polar surface area (TPSA) is 89.3 Å². The van der Waals surface area contributed by atoms with Crippen molar-refractivity contribution in [2.24, 2.45) is 5.14 Å². The number of carbonyl (C=O) groups is 1. The van der Waals surface area contributed by atoms with Gasteiger partial charge in [-0.15, -0.1) is 11.3 Å². The van der Waals surface area contributed by atoms with E-state index in [0.717, 1.165) is 10.4 Å². The summed E-state index contributed by atoms with van der Waals surface area (Å²) in [4.78, 5) is 13.1. The Hall–Kier alpha value is -1.70. The summed E-state index contributed by atoms with van der Waals surface area (Å²) in [7, 11) is -3.67. The van der Waals surface area contributed by atoms with Crippen molar-refractivity contribution >= 4 is 27.3 Å². The van der Waals surface area contributed by atoms with Crippen LogP contribution in [0.2, 0.25) is 0 Å². The van der Waals surface area contributed by atoms with Gasteiger partial charge in [-0.2, -0.15) is 0 Å². The molecule has 0 spiro atoms. The van der Waals surface area contributed by atoms with E-state index in [2.05, 4.69) is 5.32 Å². The van der Waals surface area contributed by atoms with Gasteiger partial charge in [-0.05, 0) is 42.5 Å². The molecule has 1 heterocycles. The smallest absolute Gasteiger partial charge is 0.238 e. The highest BCUT2D eigenvalue weighted by atomic mass is 32.2. The molecular weight excluding hydrogens is 320 g/mol. The number of aryl methyl sites for hydroxylation is 1. The first-order valence-electron chi connectivity index (χ1n) is 6.81. The van der Waals surface area contributed by atoms with Gasteiger partial charge in [0.05, 0.1) is 10.9 Å². The standard InChI is InChI=1S/C15H18N2O3S2/c1-11(14-3-2-10-21-14)17-15(18)9-6-12-4-7-13(8-5-12)22(16,19)20/h2-5,7-8,10-11H,6,9H2,1H3,(H,17,18)(H2,16,19,20). The van der Waals surface area contributed by atoms with Gasteiger partial charge < -0.3 is 5.32 Å². The van der Waals surface area contributed by atoms with Crippen molar-refractivity contribution in [2.75, 3.05) is 0 Å². The predicted molar refractivity (Wildman–Crippen MR) is 87.0 cm³/mol. The van der Waals surface area contributed by atoms with Crippen LogP contribution in [0.25, 0.3) is 0 Å². The molecule has 0 saturated heterocycles. The zero-order valence-corrected chi connectivity index (χ0v) is 13.8. The average Bonchev–Trinajstić information content (AvgIpc) is 2.99. The summed E-state index contributed by atoms with van der Waals surface area (Å²) in [6.07, 6.45) is 0.901. The summed E-state index contributed by atoms with van der Waals surface area (Å²) in [6.45, 7) is 1.95. The number of benzene rings is 1. The number of nitrogens with two attached hydrogens (primary N) is 1. The van der Waals surface area contributed by atoms with Crippen LogP contribution < -0.4 is 10.5 Å². The lowest BCUT2D eigenvalue weighted by Crippen LogP contribution is -2.26. The Bertz CT molecular complexity index is 723. The van der Waals surface area contributed by atoms with Crippen LogP contribution in [0.4, 0.5) is 0 Å². The molecule has 0 aliphatic heterocycles. The molecule has 0 saturated carbocycles. The Morgan fingerprint density at radius 2 is 1.95 bits per heavy atom. The molecular formula is C15H18N2O3S2. The van der Waals surface area contributed by atoms with E-state index in [1.807, 2.05) is 24.4 Å². The maximum Gasteiger partial charge on any atom is 0.238 e. The molecule has 3 N–H and O–H groups in total. The Morgan fingerprint density at radius 3 is 2.50 bits per heavy atom. The molecule has 5 nitrogen and oxygen atoms in total. The van der Waals surface area contributed by atoms with E-state index in [4.69, 9.17) is 5.14 Å². The van der Waals surface area contributed by atoms with Gasteiger partial charge in [0.15, 0.2) is 0 Å². The molecule has 1 atom stereocenters. The number of rotatable bonds is 6. The number of sulfonamides is 1. The van der Waals surface area contributed by atoms with Gasteiger partial charge in [0.25, 0.3) is 0 Å². The molecule has 7 heteroatoms. The molecule has 0 aliphatic carbocycles. The van der Waals surface area contributed by atoms with Crippen LogP contribution in [-0.2, 0) is 21.2 Å². The third-order valence-electron chi connectivity index (χ3n) is 3.24. The lowest BCUT2D eigenvalue weighted by Gasteiger charge is -2.12. The SMILES string of the molecule is CC(NC(=O)CCc1ccc(S(N)(=O)=O)cc1)c1cccs1. The largest absolute Gasteiger partial charge is 0.349 e. The van der Waals surface area contributed by atoms with E-state index in [1.54, 1.807) is 23.5 Å². The van der Waals surface area contributed by atoms with Crippen LogP contribution in [0.15, 0.2) is 46.7 Å². The normalized spacial score (nSPS) is 12.8. The van der Waals surface area contributed by atoms with Crippen molar-refractivity contribution in [3.05, 3.63) is 52.2 Å². The minimum absolute atomic E-state index is 0.00254. The van der Waals surface area contributed by atoms with E-state index in [0.29, 0.717) is 12.8 Å². The van der Waals surface area contributed by atoms with Crippen molar-refractivity contribution in [3.63, 3.8) is 0 Å². The zero-order valence-electron chi connectivity index (χ0n) is 12.2. The molecule has 1 aromatic heterocycles. The van der Waals surface area contributed by atoms with Crippen LogP contribution in [-0.4, -0.2) is 14.3 Å². The van der Waals surface area contributed by atoms with E-state index >= 15 is 0 Å². The molecule has 0 aliphatic rings. The molecule has 0 bridgehead atoms. The van der Waals surface area contributed by atoms with Crippen LogP contribution in [0.3, 0.4) is 0 Å². The monoisotopic (exact) mass is 338 g/mol. The van der Waals surface area contributed by atoms with Crippen LogP contribution in [0, 0.1) is 0 Å². The predicted octanol–water partition coefficient (Wildman–Crippen LogP) is 2.21. The van der Waals surface area contributed by atoms with Crippen LogP contribution in [0.1, 0.15) is 29.8 Å². The highest BCUT2D eigenvalue weighted by Crippen LogP contribution is 2.18. The number of primary sulfonamides is 1. The maximum absolute atomic E-state index is 11.9. The van der Waals surface area contributed by atoms with Gasteiger partial charge in [-0.1, -0.05) is 18.2 Å². The number of hydrogen-bond acceptors (Lipinski definition) is 4. The van der Waals surface area contributed by atoms with Crippen molar-refractivity contribution < 1.29 is 13.2 Å². The van der Waals surface area contributed by atoms with Gasteiger partial charge in [0, 0.05) is 11.3 Å². The van der Waals surface area contributed by atoms with E-state index in [-0.39, 0.29) is 16.8 Å². The Labute approximate surface area is 134 Å². The van der Waals surface area contributed by atoms with E-state index in [9.17, 15) is 13.2 Å². The minimum atomic E-state index is -3.67. The second-order valence-electron chi connectivity index (χ2n) is 4.99. The third-order valence-corrected chi connectivity index (χ3v) is 5.22.